The lowest BCUT2D eigenvalue weighted by atomic mass is 10.0. The molecule has 0 aliphatic rings. The molecule has 0 fully saturated rings. The molecule has 22 heavy (non-hydrogen) atoms. The maximum absolute atomic E-state index is 11.5. The molecule has 1 aromatic carbocycles. The maximum atomic E-state index is 11.5. The Balaban J connectivity index is 3.14. The molecule has 0 saturated carbocycles. The highest BCUT2D eigenvalue weighted by Crippen LogP contribution is 2.27. The Morgan fingerprint density at radius 2 is 2.00 bits per heavy atom. The van der Waals surface area contributed by atoms with Gasteiger partial charge in [0, 0.05) is 18.7 Å². The standard InChI is InChI=1S/C14H19N3O5/c1-8(2)6-11(14(19)20)16-10-5-4-9(13(18)15-3)7-12(10)17(21)22/h4-5,7-8,11,16H,6H2,1-3H3,(H,15,18)(H,19,20). The number of aliphatic carboxylic acids is 1. The normalized spacial score (nSPS) is 11.8. The van der Waals surface area contributed by atoms with E-state index >= 15 is 0 Å². The van der Waals surface area contributed by atoms with Crippen LogP contribution in [0.3, 0.4) is 0 Å². The van der Waals surface area contributed by atoms with Crippen LogP contribution in [0.2, 0.25) is 0 Å². The van der Waals surface area contributed by atoms with Gasteiger partial charge in [0.1, 0.15) is 11.7 Å². The van der Waals surface area contributed by atoms with Crippen LogP contribution < -0.4 is 10.6 Å². The molecule has 0 aliphatic heterocycles. The smallest absolute Gasteiger partial charge is 0.326 e. The second-order valence-electron chi connectivity index (χ2n) is 5.23. The summed E-state index contributed by atoms with van der Waals surface area (Å²) in [6.45, 7) is 3.72. The summed E-state index contributed by atoms with van der Waals surface area (Å²) in [5, 5.41) is 25.4. The van der Waals surface area contributed by atoms with Crippen molar-refractivity contribution >= 4 is 23.3 Å². The summed E-state index contributed by atoms with van der Waals surface area (Å²) in [4.78, 5) is 33.3. The predicted molar refractivity (Wildman–Crippen MR) is 81.0 cm³/mol. The largest absolute Gasteiger partial charge is 0.480 e. The number of hydrogen-bond acceptors (Lipinski definition) is 5. The Morgan fingerprint density at radius 3 is 2.45 bits per heavy atom. The third kappa shape index (κ3) is 4.44. The number of nitrogens with zero attached hydrogens (tertiary/aromatic N) is 1. The minimum absolute atomic E-state index is 0.0747. The molecule has 8 nitrogen and oxygen atoms in total. The van der Waals surface area contributed by atoms with Gasteiger partial charge in [0.15, 0.2) is 0 Å². The van der Waals surface area contributed by atoms with E-state index in [1.165, 1.54) is 19.2 Å². The lowest BCUT2D eigenvalue weighted by Crippen LogP contribution is -2.31. The molecule has 0 radical (unpaired) electrons. The fraction of sp³-hybridized carbons (Fsp3) is 0.429. The van der Waals surface area contributed by atoms with Crippen LogP contribution in [0, 0.1) is 16.0 Å². The molecule has 0 heterocycles. The number of hydrogen-bond donors (Lipinski definition) is 3. The number of nitro benzene ring substituents is 1. The van der Waals surface area contributed by atoms with Crippen LogP contribution in [0.25, 0.3) is 0 Å². The monoisotopic (exact) mass is 309 g/mol. The summed E-state index contributed by atoms with van der Waals surface area (Å²) in [5.74, 6) is -1.43. The van der Waals surface area contributed by atoms with Gasteiger partial charge < -0.3 is 15.7 Å². The molecule has 120 valence electrons. The predicted octanol–water partition coefficient (Wildman–Crippen LogP) is 1.87. The minimum Gasteiger partial charge on any atom is -0.480 e. The molecular formula is C14H19N3O5. The molecular weight excluding hydrogens is 290 g/mol. The molecule has 1 rings (SSSR count). The van der Waals surface area contributed by atoms with Crippen LogP contribution in [0.5, 0.6) is 0 Å². The van der Waals surface area contributed by atoms with Gasteiger partial charge >= 0.3 is 5.97 Å². The Morgan fingerprint density at radius 1 is 1.36 bits per heavy atom. The van der Waals surface area contributed by atoms with Gasteiger partial charge in [-0.05, 0) is 24.5 Å². The highest BCUT2D eigenvalue weighted by Gasteiger charge is 2.24. The number of amides is 1. The quantitative estimate of drug-likeness (QED) is 0.522. The Hall–Kier alpha value is -2.64. The summed E-state index contributed by atoms with van der Waals surface area (Å²) in [6.07, 6.45) is 0.323. The summed E-state index contributed by atoms with van der Waals surface area (Å²) >= 11 is 0. The Kier molecular flexibility index (Phi) is 5.85. The summed E-state index contributed by atoms with van der Waals surface area (Å²) in [7, 11) is 1.42. The van der Waals surface area contributed by atoms with E-state index in [1.54, 1.807) is 0 Å². The SMILES string of the molecule is CNC(=O)c1ccc(NC(CC(C)C)C(=O)O)c([N+](=O)[O-])c1. The molecule has 0 aliphatic carbocycles. The minimum atomic E-state index is -1.08. The molecule has 0 saturated heterocycles. The molecule has 0 bridgehead atoms. The van der Waals surface area contributed by atoms with Gasteiger partial charge in [-0.15, -0.1) is 0 Å². The zero-order valence-corrected chi connectivity index (χ0v) is 12.6. The first kappa shape index (κ1) is 17.4. The number of anilines is 1. The van der Waals surface area contributed by atoms with Gasteiger partial charge in [-0.1, -0.05) is 13.8 Å². The van der Waals surface area contributed by atoms with Crippen molar-refractivity contribution in [1.29, 1.82) is 0 Å². The number of carbonyl (C=O) groups is 2. The zero-order valence-electron chi connectivity index (χ0n) is 12.6. The number of nitrogens with one attached hydrogen (secondary N) is 2. The zero-order chi connectivity index (χ0) is 16.9. The third-order valence-electron chi connectivity index (χ3n) is 3.02. The van der Waals surface area contributed by atoms with Gasteiger partial charge in [-0.25, -0.2) is 4.79 Å². The first-order valence-electron chi connectivity index (χ1n) is 6.76. The number of nitro groups is 1. The number of carboxylic acids is 1. The average Bonchev–Trinajstić information content (AvgIpc) is 2.45. The highest BCUT2D eigenvalue weighted by atomic mass is 16.6. The van der Waals surface area contributed by atoms with Crippen molar-refractivity contribution in [3.8, 4) is 0 Å². The molecule has 1 aromatic rings. The maximum Gasteiger partial charge on any atom is 0.326 e. The van der Waals surface area contributed by atoms with Gasteiger partial charge in [0.05, 0.1) is 4.92 Å². The Labute approximate surface area is 127 Å². The van der Waals surface area contributed by atoms with E-state index in [2.05, 4.69) is 10.6 Å². The second kappa shape index (κ2) is 7.39. The van der Waals surface area contributed by atoms with E-state index in [9.17, 15) is 24.8 Å². The van der Waals surface area contributed by atoms with Gasteiger partial charge in [-0.3, -0.25) is 14.9 Å². The van der Waals surface area contributed by atoms with Crippen LogP contribution in [-0.4, -0.2) is 35.0 Å². The van der Waals surface area contributed by atoms with Crippen molar-refractivity contribution in [2.75, 3.05) is 12.4 Å². The number of carbonyl (C=O) groups excluding carboxylic acids is 1. The van der Waals surface area contributed by atoms with Crippen molar-refractivity contribution in [2.24, 2.45) is 5.92 Å². The van der Waals surface area contributed by atoms with E-state index in [4.69, 9.17) is 0 Å². The molecule has 1 amide bonds. The first-order valence-corrected chi connectivity index (χ1v) is 6.76. The van der Waals surface area contributed by atoms with E-state index in [-0.39, 0.29) is 22.9 Å². The van der Waals surface area contributed by atoms with Crippen LogP contribution in [0.15, 0.2) is 18.2 Å². The van der Waals surface area contributed by atoms with E-state index in [0.717, 1.165) is 6.07 Å². The topological polar surface area (TPSA) is 122 Å². The van der Waals surface area contributed by atoms with E-state index in [0.29, 0.717) is 6.42 Å². The van der Waals surface area contributed by atoms with Crippen molar-refractivity contribution in [2.45, 2.75) is 26.3 Å². The van der Waals surface area contributed by atoms with Gasteiger partial charge in [-0.2, -0.15) is 0 Å². The average molecular weight is 309 g/mol. The van der Waals surface area contributed by atoms with Gasteiger partial charge in [0.2, 0.25) is 0 Å². The molecule has 1 atom stereocenters. The summed E-state index contributed by atoms with van der Waals surface area (Å²) < 4.78 is 0. The summed E-state index contributed by atoms with van der Waals surface area (Å²) in [5.41, 5.74) is -0.128. The van der Waals surface area contributed by atoms with Crippen LogP contribution in [-0.2, 0) is 4.79 Å². The first-order chi connectivity index (χ1) is 10.3. The molecule has 3 N–H and O–H groups in total. The van der Waals surface area contributed by atoms with Gasteiger partial charge in [0.25, 0.3) is 11.6 Å². The second-order valence-corrected chi connectivity index (χ2v) is 5.23. The summed E-state index contributed by atoms with van der Waals surface area (Å²) in [6, 6.07) is 2.93. The fourth-order valence-electron chi connectivity index (χ4n) is 1.97. The van der Waals surface area contributed by atoms with Crippen LogP contribution in [0.4, 0.5) is 11.4 Å². The number of rotatable bonds is 7. The van der Waals surface area contributed by atoms with Crippen molar-refractivity contribution < 1.29 is 19.6 Å². The van der Waals surface area contributed by atoms with E-state index in [1.807, 2.05) is 13.8 Å². The Bertz CT molecular complexity index is 586. The fourth-order valence-corrected chi connectivity index (χ4v) is 1.97. The van der Waals surface area contributed by atoms with Crippen molar-refractivity contribution in [1.82, 2.24) is 5.32 Å². The molecule has 0 spiro atoms. The lowest BCUT2D eigenvalue weighted by Gasteiger charge is -2.17. The molecule has 8 heteroatoms. The molecule has 1 unspecified atom stereocenters. The third-order valence-corrected chi connectivity index (χ3v) is 3.02. The van der Waals surface area contributed by atoms with Crippen molar-refractivity contribution in [3.05, 3.63) is 33.9 Å². The van der Waals surface area contributed by atoms with Crippen LogP contribution >= 0.6 is 0 Å². The molecule has 0 aromatic heterocycles. The van der Waals surface area contributed by atoms with E-state index < -0.39 is 22.8 Å². The van der Waals surface area contributed by atoms with Crippen LogP contribution in [0.1, 0.15) is 30.6 Å². The highest BCUT2D eigenvalue weighted by molar-refractivity contribution is 5.95. The lowest BCUT2D eigenvalue weighted by molar-refractivity contribution is -0.384. The number of carboxylic acid groups (broad SMARTS) is 1. The van der Waals surface area contributed by atoms with Crippen molar-refractivity contribution in [3.63, 3.8) is 0 Å². The number of benzene rings is 1.